The van der Waals surface area contributed by atoms with Crippen LogP contribution >= 0.6 is 0 Å². The largest absolute Gasteiger partial charge is 0.369 e. The lowest BCUT2D eigenvalue weighted by molar-refractivity contribution is 0.768. The molecule has 2 N–H and O–H groups in total. The van der Waals surface area contributed by atoms with E-state index in [4.69, 9.17) is 5.73 Å². The number of nitrogens with zero attached hydrogens (tertiary/aromatic N) is 6. The quantitative estimate of drug-likeness (QED) is 0.622. The molecule has 0 unspecified atom stereocenters. The molecule has 3 aromatic rings. The summed E-state index contributed by atoms with van der Waals surface area (Å²) >= 11 is 0. The number of fused-ring (bicyclic) bond motifs is 1. The molecular weight excluding hydrogens is 206 g/mol. The van der Waals surface area contributed by atoms with E-state index >= 15 is 0 Å². The van der Waals surface area contributed by atoms with Crippen LogP contribution in [0.15, 0.2) is 24.9 Å². The van der Waals surface area contributed by atoms with E-state index < -0.39 is 0 Å². The van der Waals surface area contributed by atoms with E-state index in [9.17, 15) is 0 Å². The van der Waals surface area contributed by atoms with Crippen molar-refractivity contribution >= 4 is 11.6 Å². The molecule has 0 atom stereocenters. The molecule has 3 heterocycles. The lowest BCUT2D eigenvalue weighted by atomic mass is 10.2. The van der Waals surface area contributed by atoms with Crippen LogP contribution < -0.4 is 5.73 Å². The van der Waals surface area contributed by atoms with Crippen molar-refractivity contribution in [2.24, 2.45) is 7.05 Å². The highest BCUT2D eigenvalue weighted by molar-refractivity contribution is 5.76. The Morgan fingerprint density at radius 2 is 2.19 bits per heavy atom. The Bertz CT molecular complexity index is 651. The number of anilines is 1. The highest BCUT2D eigenvalue weighted by Crippen LogP contribution is 2.22. The number of nitrogen functional groups attached to an aromatic ring is 1. The predicted octanol–water partition coefficient (Wildman–Crippen LogP) is 0.107. The van der Waals surface area contributed by atoms with Gasteiger partial charge in [0.1, 0.15) is 6.33 Å². The van der Waals surface area contributed by atoms with Crippen LogP contribution in [-0.4, -0.2) is 29.4 Å². The molecule has 0 aromatic carbocycles. The van der Waals surface area contributed by atoms with Crippen molar-refractivity contribution in [2.75, 3.05) is 5.73 Å². The Balaban J connectivity index is 2.32. The summed E-state index contributed by atoms with van der Waals surface area (Å²) in [6.45, 7) is 0. The third-order valence-corrected chi connectivity index (χ3v) is 2.38. The van der Waals surface area contributed by atoms with Gasteiger partial charge < -0.3 is 5.73 Å². The molecule has 7 nitrogen and oxygen atoms in total. The Kier molecular flexibility index (Phi) is 1.67. The summed E-state index contributed by atoms with van der Waals surface area (Å²) < 4.78 is 3.36. The molecule has 0 saturated carbocycles. The van der Waals surface area contributed by atoms with Gasteiger partial charge in [-0.3, -0.25) is 9.08 Å². The van der Waals surface area contributed by atoms with Gasteiger partial charge in [0.25, 0.3) is 0 Å². The fourth-order valence-corrected chi connectivity index (χ4v) is 1.60. The van der Waals surface area contributed by atoms with Gasteiger partial charge in [-0.2, -0.15) is 5.10 Å². The molecule has 3 aromatic heterocycles. The number of rotatable bonds is 1. The fourth-order valence-electron chi connectivity index (χ4n) is 1.60. The first-order valence-electron chi connectivity index (χ1n) is 4.69. The molecule has 0 amide bonds. The van der Waals surface area contributed by atoms with Gasteiger partial charge in [-0.25, -0.2) is 4.98 Å². The monoisotopic (exact) mass is 215 g/mol. The second-order valence-corrected chi connectivity index (χ2v) is 3.46. The predicted molar refractivity (Wildman–Crippen MR) is 57.4 cm³/mol. The molecule has 80 valence electrons. The van der Waals surface area contributed by atoms with E-state index in [0.717, 1.165) is 11.1 Å². The molecule has 3 rings (SSSR count). The van der Waals surface area contributed by atoms with Gasteiger partial charge in [0.05, 0.1) is 6.20 Å². The van der Waals surface area contributed by atoms with Crippen LogP contribution in [0.25, 0.3) is 16.8 Å². The van der Waals surface area contributed by atoms with Crippen molar-refractivity contribution in [3.05, 3.63) is 24.9 Å². The van der Waals surface area contributed by atoms with Crippen molar-refractivity contribution in [2.45, 2.75) is 0 Å². The van der Waals surface area contributed by atoms with E-state index in [2.05, 4.69) is 20.3 Å². The van der Waals surface area contributed by atoms with Crippen LogP contribution in [0.2, 0.25) is 0 Å². The third-order valence-electron chi connectivity index (χ3n) is 2.38. The lowest BCUT2D eigenvalue weighted by Crippen LogP contribution is -2.00. The SMILES string of the molecule is Cn1cc(-c2cnc(N)n3cnnc23)cn1. The molecule has 0 aliphatic heterocycles. The number of hydrogen-bond acceptors (Lipinski definition) is 5. The minimum atomic E-state index is 0.368. The first kappa shape index (κ1) is 8.84. The molecular formula is C9H9N7. The summed E-state index contributed by atoms with van der Waals surface area (Å²) in [5.41, 5.74) is 8.18. The summed E-state index contributed by atoms with van der Waals surface area (Å²) in [7, 11) is 1.86. The van der Waals surface area contributed by atoms with Crippen LogP contribution in [0.3, 0.4) is 0 Å². The van der Waals surface area contributed by atoms with Crippen LogP contribution in [0.1, 0.15) is 0 Å². The van der Waals surface area contributed by atoms with Gasteiger partial charge in [-0.1, -0.05) is 0 Å². The zero-order chi connectivity index (χ0) is 11.1. The van der Waals surface area contributed by atoms with Crippen LogP contribution in [0, 0.1) is 0 Å². The van der Waals surface area contributed by atoms with Crippen molar-refractivity contribution in [3.63, 3.8) is 0 Å². The van der Waals surface area contributed by atoms with Gasteiger partial charge >= 0.3 is 0 Å². The summed E-state index contributed by atoms with van der Waals surface area (Å²) in [6, 6.07) is 0. The Labute approximate surface area is 90.5 Å². The van der Waals surface area contributed by atoms with Crippen molar-refractivity contribution in [1.82, 2.24) is 29.4 Å². The number of aryl methyl sites for hydroxylation is 1. The molecule has 0 fully saturated rings. The van der Waals surface area contributed by atoms with E-state index in [0.29, 0.717) is 11.6 Å². The number of aromatic nitrogens is 6. The minimum absolute atomic E-state index is 0.368. The Morgan fingerprint density at radius 1 is 1.31 bits per heavy atom. The van der Waals surface area contributed by atoms with Gasteiger partial charge in [-0.15, -0.1) is 10.2 Å². The molecule has 0 spiro atoms. The molecule has 0 aliphatic carbocycles. The van der Waals surface area contributed by atoms with E-state index in [-0.39, 0.29) is 0 Å². The second kappa shape index (κ2) is 3.02. The first-order chi connectivity index (χ1) is 7.75. The number of hydrogen-bond donors (Lipinski definition) is 1. The highest BCUT2D eigenvalue weighted by Gasteiger charge is 2.10. The summed E-state index contributed by atoms with van der Waals surface area (Å²) in [5.74, 6) is 0.368. The maximum absolute atomic E-state index is 5.70. The van der Waals surface area contributed by atoms with Crippen molar-refractivity contribution in [3.8, 4) is 11.1 Å². The standard InChI is InChI=1S/C9H9N7/c1-15-4-6(2-13-15)7-3-11-9(10)16-5-12-14-8(7)16/h2-5H,1H3,(H2,10,11). The fraction of sp³-hybridized carbons (Fsp3) is 0.111. The average molecular weight is 215 g/mol. The molecule has 16 heavy (non-hydrogen) atoms. The van der Waals surface area contributed by atoms with Gasteiger partial charge in [0.15, 0.2) is 5.65 Å². The van der Waals surface area contributed by atoms with Crippen molar-refractivity contribution < 1.29 is 0 Å². The minimum Gasteiger partial charge on any atom is -0.369 e. The summed E-state index contributed by atoms with van der Waals surface area (Å²) in [5, 5.41) is 11.9. The zero-order valence-corrected chi connectivity index (χ0v) is 8.57. The Hall–Kier alpha value is -2.44. The van der Waals surface area contributed by atoms with Gasteiger partial charge in [-0.05, 0) is 0 Å². The molecule has 0 saturated heterocycles. The molecule has 0 radical (unpaired) electrons. The lowest BCUT2D eigenvalue weighted by Gasteiger charge is -2.01. The maximum atomic E-state index is 5.70. The van der Waals surface area contributed by atoms with Crippen LogP contribution in [-0.2, 0) is 7.05 Å². The van der Waals surface area contributed by atoms with Crippen LogP contribution in [0.4, 0.5) is 5.95 Å². The molecule has 0 bridgehead atoms. The van der Waals surface area contributed by atoms with Crippen LogP contribution in [0.5, 0.6) is 0 Å². The topological polar surface area (TPSA) is 86.9 Å². The first-order valence-corrected chi connectivity index (χ1v) is 4.69. The zero-order valence-electron chi connectivity index (χ0n) is 8.57. The number of nitrogens with two attached hydrogens (primary N) is 1. The normalized spacial score (nSPS) is 11.1. The Morgan fingerprint density at radius 3 is 2.94 bits per heavy atom. The second-order valence-electron chi connectivity index (χ2n) is 3.46. The maximum Gasteiger partial charge on any atom is 0.207 e. The van der Waals surface area contributed by atoms with E-state index in [1.54, 1.807) is 21.5 Å². The van der Waals surface area contributed by atoms with E-state index in [1.807, 2.05) is 13.2 Å². The van der Waals surface area contributed by atoms with E-state index in [1.165, 1.54) is 6.33 Å². The smallest absolute Gasteiger partial charge is 0.207 e. The average Bonchev–Trinajstić information content (AvgIpc) is 2.87. The van der Waals surface area contributed by atoms with Crippen molar-refractivity contribution in [1.29, 1.82) is 0 Å². The van der Waals surface area contributed by atoms with Gasteiger partial charge in [0.2, 0.25) is 5.95 Å². The molecule has 0 aliphatic rings. The third kappa shape index (κ3) is 1.14. The molecule has 7 heteroatoms. The van der Waals surface area contributed by atoms with Gasteiger partial charge in [0, 0.05) is 30.6 Å². The summed E-state index contributed by atoms with van der Waals surface area (Å²) in [4.78, 5) is 4.09. The highest BCUT2D eigenvalue weighted by atomic mass is 15.3. The summed E-state index contributed by atoms with van der Waals surface area (Å²) in [6.07, 6.45) is 6.86.